The smallest absolute Gasteiger partial charge is 0.101 e. The zero-order valence-corrected chi connectivity index (χ0v) is 14.2. The molecule has 0 unspecified atom stereocenters. The molecular formula is C21H20N2S. The van der Waals surface area contributed by atoms with Crippen molar-refractivity contribution in [1.29, 1.82) is 5.41 Å². The molecule has 3 aromatic carbocycles. The van der Waals surface area contributed by atoms with Gasteiger partial charge in [-0.2, -0.15) is 0 Å². The molecule has 0 spiro atoms. The van der Waals surface area contributed by atoms with Crippen molar-refractivity contribution in [2.45, 2.75) is 4.75 Å². The Morgan fingerprint density at radius 1 is 0.708 bits per heavy atom. The summed E-state index contributed by atoms with van der Waals surface area (Å²) in [6.07, 6.45) is 0. The molecular weight excluding hydrogens is 312 g/mol. The van der Waals surface area contributed by atoms with Crippen LogP contribution in [0.4, 0.5) is 0 Å². The fourth-order valence-electron chi connectivity index (χ4n) is 2.95. The van der Waals surface area contributed by atoms with Crippen molar-refractivity contribution in [3.63, 3.8) is 0 Å². The van der Waals surface area contributed by atoms with E-state index in [0.29, 0.717) is 5.75 Å². The van der Waals surface area contributed by atoms with Crippen molar-refractivity contribution in [1.82, 2.24) is 0 Å². The lowest BCUT2D eigenvalue weighted by Crippen LogP contribution is -2.28. The lowest BCUT2D eigenvalue weighted by Gasteiger charge is -2.35. The van der Waals surface area contributed by atoms with Gasteiger partial charge in [0.25, 0.3) is 0 Å². The van der Waals surface area contributed by atoms with Crippen molar-refractivity contribution < 1.29 is 0 Å². The van der Waals surface area contributed by atoms with Gasteiger partial charge in [-0.15, -0.1) is 11.8 Å². The van der Waals surface area contributed by atoms with Gasteiger partial charge in [-0.25, -0.2) is 0 Å². The SMILES string of the molecule is N=C(N)CSC(c1ccccc1)(c1ccccc1)c1ccccc1. The van der Waals surface area contributed by atoms with Gasteiger partial charge in [-0.05, 0) is 16.7 Å². The van der Waals surface area contributed by atoms with Gasteiger partial charge < -0.3 is 5.73 Å². The fourth-order valence-corrected chi connectivity index (χ4v) is 4.23. The Hall–Kier alpha value is -2.52. The normalized spacial score (nSPS) is 11.2. The highest BCUT2D eigenvalue weighted by molar-refractivity contribution is 8.01. The van der Waals surface area contributed by atoms with Crippen molar-refractivity contribution in [2.24, 2.45) is 5.73 Å². The van der Waals surface area contributed by atoms with E-state index in [0.717, 1.165) is 0 Å². The predicted octanol–water partition coefficient (Wildman–Crippen LogP) is 4.65. The largest absolute Gasteiger partial charge is 0.387 e. The summed E-state index contributed by atoms with van der Waals surface area (Å²) >= 11 is 1.69. The average Bonchev–Trinajstić information content (AvgIpc) is 2.65. The summed E-state index contributed by atoms with van der Waals surface area (Å²) in [5.41, 5.74) is 9.26. The van der Waals surface area contributed by atoms with E-state index in [1.807, 2.05) is 18.2 Å². The Labute approximate surface area is 147 Å². The summed E-state index contributed by atoms with van der Waals surface area (Å²) < 4.78 is -0.393. The first-order valence-corrected chi connectivity index (χ1v) is 8.85. The second kappa shape index (κ2) is 7.37. The lowest BCUT2D eigenvalue weighted by molar-refractivity contribution is 0.897. The third-order valence-corrected chi connectivity index (χ3v) is 5.58. The van der Waals surface area contributed by atoms with Gasteiger partial charge in [-0.3, -0.25) is 5.41 Å². The lowest BCUT2D eigenvalue weighted by atomic mass is 9.84. The number of thioether (sulfide) groups is 1. The van der Waals surface area contributed by atoms with Crippen molar-refractivity contribution in [2.75, 3.05) is 5.75 Å². The second-order valence-corrected chi connectivity index (χ2v) is 6.78. The Kier molecular flexibility index (Phi) is 5.02. The van der Waals surface area contributed by atoms with E-state index in [4.69, 9.17) is 11.1 Å². The van der Waals surface area contributed by atoms with Crippen molar-refractivity contribution in [3.8, 4) is 0 Å². The van der Waals surface area contributed by atoms with Crippen LogP contribution in [0.25, 0.3) is 0 Å². The Morgan fingerprint density at radius 2 is 1.04 bits per heavy atom. The zero-order valence-electron chi connectivity index (χ0n) is 13.4. The molecule has 3 heteroatoms. The Bertz CT molecular complexity index is 689. The number of nitrogens with one attached hydrogen (secondary N) is 1. The molecule has 0 radical (unpaired) electrons. The zero-order chi connectivity index (χ0) is 16.8. The van der Waals surface area contributed by atoms with Gasteiger partial charge in [0.15, 0.2) is 0 Å². The molecule has 24 heavy (non-hydrogen) atoms. The van der Waals surface area contributed by atoms with E-state index >= 15 is 0 Å². The van der Waals surface area contributed by atoms with E-state index in [2.05, 4.69) is 72.8 Å². The van der Waals surface area contributed by atoms with Crippen LogP contribution in [0.3, 0.4) is 0 Å². The van der Waals surface area contributed by atoms with Gasteiger partial charge in [-0.1, -0.05) is 91.0 Å². The van der Waals surface area contributed by atoms with Gasteiger partial charge in [0.2, 0.25) is 0 Å². The monoisotopic (exact) mass is 332 g/mol. The molecule has 0 aliphatic heterocycles. The molecule has 0 aromatic heterocycles. The van der Waals surface area contributed by atoms with E-state index in [1.54, 1.807) is 11.8 Å². The molecule has 0 amide bonds. The second-order valence-electron chi connectivity index (χ2n) is 5.59. The maximum absolute atomic E-state index is 7.72. The molecule has 2 nitrogen and oxygen atoms in total. The molecule has 0 saturated carbocycles. The average molecular weight is 332 g/mol. The van der Waals surface area contributed by atoms with Crippen LogP contribution < -0.4 is 5.73 Å². The third kappa shape index (κ3) is 3.22. The summed E-state index contributed by atoms with van der Waals surface area (Å²) in [4.78, 5) is 0. The molecule has 0 heterocycles. The van der Waals surface area contributed by atoms with Crippen LogP contribution in [0.2, 0.25) is 0 Å². The molecule has 0 aliphatic carbocycles. The summed E-state index contributed by atoms with van der Waals surface area (Å²) in [7, 11) is 0. The van der Waals surface area contributed by atoms with Crippen LogP contribution in [-0.4, -0.2) is 11.6 Å². The first-order valence-electron chi connectivity index (χ1n) is 7.87. The van der Waals surface area contributed by atoms with Gasteiger partial charge >= 0.3 is 0 Å². The van der Waals surface area contributed by atoms with Crippen LogP contribution in [0, 0.1) is 5.41 Å². The summed E-state index contributed by atoms with van der Waals surface area (Å²) in [6.45, 7) is 0. The molecule has 0 saturated heterocycles. The topological polar surface area (TPSA) is 49.9 Å². The quantitative estimate of drug-likeness (QED) is 0.392. The highest BCUT2D eigenvalue weighted by Crippen LogP contribution is 2.48. The van der Waals surface area contributed by atoms with E-state index < -0.39 is 4.75 Å². The minimum atomic E-state index is -0.393. The molecule has 0 aliphatic rings. The number of hydrogen-bond acceptors (Lipinski definition) is 2. The summed E-state index contributed by atoms with van der Waals surface area (Å²) in [5.74, 6) is 0.658. The van der Waals surface area contributed by atoms with Crippen LogP contribution in [0.5, 0.6) is 0 Å². The highest BCUT2D eigenvalue weighted by atomic mass is 32.2. The maximum Gasteiger partial charge on any atom is 0.101 e. The number of amidine groups is 1. The number of benzene rings is 3. The van der Waals surface area contributed by atoms with E-state index in [-0.39, 0.29) is 5.84 Å². The van der Waals surface area contributed by atoms with Crippen molar-refractivity contribution in [3.05, 3.63) is 108 Å². The molecule has 0 atom stereocenters. The van der Waals surface area contributed by atoms with Gasteiger partial charge in [0.05, 0.1) is 10.5 Å². The minimum absolute atomic E-state index is 0.187. The highest BCUT2D eigenvalue weighted by Gasteiger charge is 2.36. The first kappa shape index (κ1) is 16.3. The number of hydrogen-bond donors (Lipinski definition) is 2. The maximum atomic E-state index is 7.72. The van der Waals surface area contributed by atoms with E-state index in [1.165, 1.54) is 16.7 Å². The van der Waals surface area contributed by atoms with Gasteiger partial charge in [0, 0.05) is 0 Å². The van der Waals surface area contributed by atoms with Crippen LogP contribution in [0.15, 0.2) is 91.0 Å². The van der Waals surface area contributed by atoms with Crippen molar-refractivity contribution >= 4 is 17.6 Å². The molecule has 3 rings (SSSR count). The van der Waals surface area contributed by atoms with Crippen LogP contribution in [-0.2, 0) is 4.75 Å². The van der Waals surface area contributed by atoms with E-state index in [9.17, 15) is 0 Å². The predicted molar refractivity (Wildman–Crippen MR) is 104 cm³/mol. The van der Waals surface area contributed by atoms with Gasteiger partial charge in [0.1, 0.15) is 5.84 Å². The molecule has 120 valence electrons. The molecule has 3 aromatic rings. The summed E-state index contributed by atoms with van der Waals surface area (Å²) in [5, 5.41) is 7.72. The molecule has 0 fully saturated rings. The number of nitrogens with two attached hydrogens (primary N) is 1. The van der Waals surface area contributed by atoms with Crippen LogP contribution >= 0.6 is 11.8 Å². The Morgan fingerprint density at radius 3 is 1.33 bits per heavy atom. The summed E-state index contributed by atoms with van der Waals surface area (Å²) in [6, 6.07) is 31.3. The third-order valence-electron chi connectivity index (χ3n) is 3.99. The standard InChI is InChI=1S/C21H20N2S/c22-20(23)16-24-21(17-10-4-1-5-11-17,18-12-6-2-7-13-18)19-14-8-3-9-15-19/h1-15H,16H2,(H3,22,23). The Balaban J connectivity index is 2.26. The number of rotatable bonds is 6. The fraction of sp³-hybridized carbons (Fsp3) is 0.0952. The van der Waals surface area contributed by atoms with Crippen LogP contribution in [0.1, 0.15) is 16.7 Å². The molecule has 3 N–H and O–H groups in total. The minimum Gasteiger partial charge on any atom is -0.387 e. The first-order chi connectivity index (χ1) is 11.7. The molecule has 0 bridgehead atoms.